The van der Waals surface area contributed by atoms with Gasteiger partial charge in [0.1, 0.15) is 12.4 Å². The molecular weight excluding hydrogens is 262 g/mol. The first-order valence-corrected chi connectivity index (χ1v) is 7.85. The van der Waals surface area contributed by atoms with Crippen LogP contribution in [0, 0.1) is 0 Å². The molecule has 0 unspecified atom stereocenters. The van der Waals surface area contributed by atoms with Crippen molar-refractivity contribution in [3.05, 3.63) is 36.4 Å². The second kappa shape index (κ2) is 8.70. The molecule has 0 bridgehead atoms. The van der Waals surface area contributed by atoms with Crippen molar-refractivity contribution in [2.45, 2.75) is 25.8 Å². The monoisotopic (exact) mass is 289 g/mol. The Morgan fingerprint density at radius 2 is 2.14 bits per heavy atom. The number of rotatable bonds is 9. The highest BCUT2D eigenvalue weighted by Gasteiger charge is 2.11. The van der Waals surface area contributed by atoms with Crippen LogP contribution >= 0.6 is 0 Å². The SMILES string of the molecule is C=CCCNCc1cc(N)ccc1OCCN1CCCC1. The number of benzene rings is 1. The molecule has 4 heteroatoms. The van der Waals surface area contributed by atoms with E-state index in [2.05, 4.69) is 16.8 Å². The van der Waals surface area contributed by atoms with Gasteiger partial charge < -0.3 is 15.8 Å². The number of anilines is 1. The molecule has 1 saturated heterocycles. The highest BCUT2D eigenvalue weighted by atomic mass is 16.5. The Labute approximate surface area is 128 Å². The molecule has 1 heterocycles. The highest BCUT2D eigenvalue weighted by Crippen LogP contribution is 2.21. The first-order chi connectivity index (χ1) is 10.3. The summed E-state index contributed by atoms with van der Waals surface area (Å²) in [6.45, 7) is 9.59. The lowest BCUT2D eigenvalue weighted by molar-refractivity contribution is 0.236. The molecule has 0 amide bonds. The first-order valence-electron chi connectivity index (χ1n) is 7.85. The van der Waals surface area contributed by atoms with Crippen molar-refractivity contribution in [3.63, 3.8) is 0 Å². The van der Waals surface area contributed by atoms with E-state index < -0.39 is 0 Å². The van der Waals surface area contributed by atoms with Gasteiger partial charge in [0, 0.05) is 24.3 Å². The van der Waals surface area contributed by atoms with Gasteiger partial charge in [-0.25, -0.2) is 0 Å². The number of nitrogens with two attached hydrogens (primary N) is 1. The van der Waals surface area contributed by atoms with Crippen LogP contribution in [-0.2, 0) is 6.54 Å². The zero-order chi connectivity index (χ0) is 14.9. The van der Waals surface area contributed by atoms with E-state index in [9.17, 15) is 0 Å². The molecule has 0 aliphatic carbocycles. The van der Waals surface area contributed by atoms with Crippen molar-refractivity contribution in [2.24, 2.45) is 0 Å². The van der Waals surface area contributed by atoms with E-state index >= 15 is 0 Å². The maximum absolute atomic E-state index is 5.95. The van der Waals surface area contributed by atoms with Gasteiger partial charge >= 0.3 is 0 Å². The highest BCUT2D eigenvalue weighted by molar-refractivity contribution is 5.47. The number of likely N-dealkylation sites (tertiary alicyclic amines) is 1. The average molecular weight is 289 g/mol. The fourth-order valence-corrected chi connectivity index (χ4v) is 2.60. The van der Waals surface area contributed by atoms with Crippen molar-refractivity contribution in [3.8, 4) is 5.75 Å². The van der Waals surface area contributed by atoms with Crippen LogP contribution in [0.2, 0.25) is 0 Å². The largest absolute Gasteiger partial charge is 0.492 e. The third kappa shape index (κ3) is 5.40. The minimum absolute atomic E-state index is 0.740. The molecule has 1 fully saturated rings. The fraction of sp³-hybridized carbons (Fsp3) is 0.529. The van der Waals surface area contributed by atoms with Crippen LogP contribution in [0.3, 0.4) is 0 Å². The minimum Gasteiger partial charge on any atom is -0.492 e. The molecule has 116 valence electrons. The summed E-state index contributed by atoms with van der Waals surface area (Å²) in [6, 6.07) is 5.87. The van der Waals surface area contributed by atoms with Crippen molar-refractivity contribution in [2.75, 3.05) is 38.5 Å². The van der Waals surface area contributed by atoms with Crippen molar-refractivity contribution in [1.82, 2.24) is 10.2 Å². The van der Waals surface area contributed by atoms with Gasteiger partial charge in [-0.2, -0.15) is 0 Å². The molecule has 2 rings (SSSR count). The Kier molecular flexibility index (Phi) is 6.57. The molecule has 0 saturated carbocycles. The lowest BCUT2D eigenvalue weighted by Gasteiger charge is -2.17. The predicted octanol–water partition coefficient (Wildman–Crippen LogP) is 2.41. The third-order valence-electron chi connectivity index (χ3n) is 3.79. The van der Waals surface area contributed by atoms with Gasteiger partial charge in [-0.05, 0) is 57.1 Å². The van der Waals surface area contributed by atoms with Gasteiger partial charge in [0.25, 0.3) is 0 Å². The lowest BCUT2D eigenvalue weighted by atomic mass is 10.1. The van der Waals surface area contributed by atoms with E-state index in [0.717, 1.165) is 49.7 Å². The van der Waals surface area contributed by atoms with Gasteiger partial charge in [-0.15, -0.1) is 6.58 Å². The van der Waals surface area contributed by atoms with E-state index in [1.54, 1.807) is 0 Å². The number of ether oxygens (including phenoxy) is 1. The van der Waals surface area contributed by atoms with Crippen LogP contribution < -0.4 is 15.8 Å². The smallest absolute Gasteiger partial charge is 0.123 e. The van der Waals surface area contributed by atoms with Gasteiger partial charge in [-0.3, -0.25) is 4.90 Å². The lowest BCUT2D eigenvalue weighted by Crippen LogP contribution is -2.25. The van der Waals surface area contributed by atoms with Crippen molar-refractivity contribution < 1.29 is 4.74 Å². The molecule has 1 aliphatic rings. The molecular formula is C17H27N3O. The number of nitrogens with zero attached hydrogens (tertiary/aromatic N) is 1. The molecule has 0 aromatic heterocycles. The zero-order valence-electron chi connectivity index (χ0n) is 12.8. The molecule has 3 N–H and O–H groups in total. The Morgan fingerprint density at radius 1 is 1.33 bits per heavy atom. The van der Waals surface area contributed by atoms with E-state index in [1.165, 1.54) is 25.9 Å². The molecule has 21 heavy (non-hydrogen) atoms. The molecule has 1 aliphatic heterocycles. The summed E-state index contributed by atoms with van der Waals surface area (Å²) in [7, 11) is 0. The van der Waals surface area contributed by atoms with Crippen LogP contribution in [0.1, 0.15) is 24.8 Å². The standard InChI is InChI=1S/C17H27N3O/c1-2-3-8-19-14-15-13-16(18)6-7-17(15)21-12-11-20-9-4-5-10-20/h2,6-7,13,19H,1,3-5,8-12,14,18H2. The van der Waals surface area contributed by atoms with Gasteiger partial charge in [0.2, 0.25) is 0 Å². The van der Waals surface area contributed by atoms with E-state index in [4.69, 9.17) is 10.5 Å². The maximum atomic E-state index is 5.95. The van der Waals surface area contributed by atoms with Crippen LogP contribution in [0.5, 0.6) is 5.75 Å². The average Bonchev–Trinajstić information content (AvgIpc) is 2.99. The molecule has 1 aromatic rings. The molecule has 0 atom stereocenters. The van der Waals surface area contributed by atoms with Crippen LogP contribution in [0.25, 0.3) is 0 Å². The van der Waals surface area contributed by atoms with Crippen molar-refractivity contribution >= 4 is 5.69 Å². The van der Waals surface area contributed by atoms with Crippen molar-refractivity contribution in [1.29, 1.82) is 0 Å². The second-order valence-corrected chi connectivity index (χ2v) is 5.52. The van der Waals surface area contributed by atoms with Crippen LogP contribution in [0.4, 0.5) is 5.69 Å². The number of hydrogen-bond acceptors (Lipinski definition) is 4. The third-order valence-corrected chi connectivity index (χ3v) is 3.79. The first kappa shape index (κ1) is 15.9. The summed E-state index contributed by atoms with van der Waals surface area (Å²) in [5.74, 6) is 0.939. The summed E-state index contributed by atoms with van der Waals surface area (Å²) in [4.78, 5) is 2.46. The summed E-state index contributed by atoms with van der Waals surface area (Å²) in [5.41, 5.74) is 7.78. The van der Waals surface area contributed by atoms with Gasteiger partial charge in [0.05, 0.1) is 0 Å². The molecule has 0 radical (unpaired) electrons. The molecule has 4 nitrogen and oxygen atoms in total. The number of nitrogen functional groups attached to an aromatic ring is 1. The van der Waals surface area contributed by atoms with Gasteiger partial charge in [-0.1, -0.05) is 6.08 Å². The van der Waals surface area contributed by atoms with Crippen LogP contribution in [0.15, 0.2) is 30.9 Å². The Balaban J connectivity index is 1.83. The van der Waals surface area contributed by atoms with E-state index in [-0.39, 0.29) is 0 Å². The maximum Gasteiger partial charge on any atom is 0.123 e. The number of hydrogen-bond donors (Lipinski definition) is 2. The normalized spacial score (nSPS) is 15.2. The Morgan fingerprint density at radius 3 is 2.90 bits per heavy atom. The number of nitrogens with one attached hydrogen (secondary N) is 1. The summed E-state index contributed by atoms with van der Waals surface area (Å²) >= 11 is 0. The Bertz CT molecular complexity index is 442. The summed E-state index contributed by atoms with van der Waals surface area (Å²) in [6.07, 6.45) is 5.52. The fourth-order valence-electron chi connectivity index (χ4n) is 2.60. The van der Waals surface area contributed by atoms with E-state index in [1.807, 2.05) is 24.3 Å². The summed E-state index contributed by atoms with van der Waals surface area (Å²) in [5, 5.41) is 3.38. The zero-order valence-corrected chi connectivity index (χ0v) is 12.8. The second-order valence-electron chi connectivity index (χ2n) is 5.52. The minimum atomic E-state index is 0.740. The van der Waals surface area contributed by atoms with Crippen LogP contribution in [-0.4, -0.2) is 37.7 Å². The summed E-state index contributed by atoms with van der Waals surface area (Å²) < 4.78 is 5.95. The van der Waals surface area contributed by atoms with Gasteiger partial charge in [0.15, 0.2) is 0 Å². The topological polar surface area (TPSA) is 50.5 Å². The molecule has 0 spiro atoms. The Hall–Kier alpha value is -1.52. The van der Waals surface area contributed by atoms with E-state index in [0.29, 0.717) is 0 Å². The predicted molar refractivity (Wildman–Crippen MR) is 88.5 cm³/mol. The molecule has 1 aromatic carbocycles. The quantitative estimate of drug-likeness (QED) is 0.416.